The van der Waals surface area contributed by atoms with Crippen LogP contribution in [0.5, 0.6) is 0 Å². The molecule has 98 valence electrons. The van der Waals surface area contributed by atoms with Crippen LogP contribution in [0.3, 0.4) is 0 Å². The number of hydrogen-bond acceptors (Lipinski definition) is 4. The predicted octanol–water partition coefficient (Wildman–Crippen LogP) is 2.28. The van der Waals surface area contributed by atoms with Gasteiger partial charge in [0.1, 0.15) is 14.2 Å². The first-order valence-corrected chi connectivity index (χ1v) is 5.88. The van der Waals surface area contributed by atoms with Crippen molar-refractivity contribution < 1.29 is 12.3 Å². The molecule has 0 fully saturated rings. The van der Waals surface area contributed by atoms with Crippen molar-refractivity contribution in [2.75, 3.05) is 0 Å². The van der Waals surface area contributed by atoms with Gasteiger partial charge in [0.2, 0.25) is 0 Å². The molecule has 0 N–H and O–H groups in total. The largest absolute Gasteiger partial charge is 0.296 e. The van der Waals surface area contributed by atoms with Gasteiger partial charge in [-0.3, -0.25) is 9.59 Å². The van der Waals surface area contributed by atoms with Crippen molar-refractivity contribution in [1.82, 2.24) is 0 Å². The van der Waals surface area contributed by atoms with Crippen molar-refractivity contribution in [3.63, 3.8) is 0 Å². The highest BCUT2D eigenvalue weighted by molar-refractivity contribution is 6.38. The average molecular weight is 266 g/mol. The molecule has 0 bridgehead atoms. The van der Waals surface area contributed by atoms with E-state index in [9.17, 15) is 9.59 Å². The van der Waals surface area contributed by atoms with Gasteiger partial charge in [-0.25, -0.2) is 0 Å². The molecule has 2 aromatic rings. The molecule has 0 spiro atoms. The maximum atomic E-state index is 11.4. The van der Waals surface area contributed by atoms with E-state index in [1.54, 1.807) is 60.7 Å². The first-order valence-electron chi connectivity index (χ1n) is 6.88. The highest BCUT2D eigenvalue weighted by atomic mass is 16.1. The average Bonchev–Trinajstić information content (AvgIpc) is 2.52. The van der Waals surface area contributed by atoms with Crippen LogP contribution in [0.2, 0.25) is 0 Å². The zero-order valence-corrected chi connectivity index (χ0v) is 10.5. The molecule has 0 saturated heterocycles. The Morgan fingerprint density at radius 3 is 1.40 bits per heavy atom. The van der Waals surface area contributed by atoms with E-state index >= 15 is 0 Å². The fourth-order valence-electron chi connectivity index (χ4n) is 1.57. The van der Waals surface area contributed by atoms with Gasteiger partial charge >= 0.3 is 0 Å². The lowest BCUT2D eigenvalue weighted by Crippen LogP contribution is -2.04. The highest BCUT2D eigenvalue weighted by Gasteiger charge is 2.03. The summed E-state index contributed by atoms with van der Waals surface area (Å²) in [6.45, 7) is 0. The summed E-state index contributed by atoms with van der Waals surface area (Å²) in [5.74, 6) is 0. The Balaban J connectivity index is 2.47. The number of hydrogen-bond donors (Lipinski definition) is 0. The first kappa shape index (κ1) is 11.0. The molecule has 0 aliphatic rings. The second-order valence-corrected chi connectivity index (χ2v) is 3.83. The maximum absolute atomic E-state index is 11.4. The van der Waals surface area contributed by atoms with Gasteiger partial charge < -0.3 is 0 Å². The zero-order chi connectivity index (χ0) is 15.9. The Morgan fingerprint density at radius 1 is 0.750 bits per heavy atom. The van der Waals surface area contributed by atoms with Crippen LogP contribution in [0, 0.1) is 0 Å². The number of carbonyl (C=O) groups excluding carboxylic acids is 2. The van der Waals surface area contributed by atoms with E-state index in [1.807, 2.05) is 0 Å². The summed E-state index contributed by atoms with van der Waals surface area (Å²) in [5, 5.41) is 7.44. The second kappa shape index (κ2) is 6.89. The summed E-state index contributed by atoms with van der Waals surface area (Å²) in [6, 6.07) is 16.8. The second-order valence-electron chi connectivity index (χ2n) is 3.83. The van der Waals surface area contributed by atoms with Crippen molar-refractivity contribution in [2.45, 2.75) is 0 Å². The molecule has 0 unspecified atom stereocenters. The molecule has 0 saturated carbocycles. The van der Waals surface area contributed by atoms with Gasteiger partial charge in [0.25, 0.3) is 0 Å². The molecule has 2 rings (SSSR count). The Bertz CT molecular complexity index is 676. The molecular weight excluding hydrogens is 252 g/mol. The molecule has 4 nitrogen and oxygen atoms in total. The lowest BCUT2D eigenvalue weighted by Gasteiger charge is -1.98. The van der Waals surface area contributed by atoms with Crippen molar-refractivity contribution in [2.24, 2.45) is 10.2 Å². The van der Waals surface area contributed by atoms with E-state index in [0.29, 0.717) is 11.1 Å². The Kier molecular flexibility index (Phi) is 3.79. The van der Waals surface area contributed by atoms with Gasteiger partial charge in [-0.15, -0.1) is 10.2 Å². The van der Waals surface area contributed by atoms with Crippen LogP contribution in [0.1, 0.15) is 13.9 Å². The Hall–Kier alpha value is -2.88. The number of nitrogens with zero attached hydrogens (tertiary/aromatic N) is 2. The minimum atomic E-state index is -1.01. The Morgan fingerprint density at radius 2 is 1.10 bits per heavy atom. The highest BCUT2D eigenvalue weighted by Crippen LogP contribution is 2.03. The van der Waals surface area contributed by atoms with E-state index in [4.69, 9.17) is 2.74 Å². The van der Waals surface area contributed by atoms with Crippen molar-refractivity contribution in [3.05, 3.63) is 71.8 Å². The lowest BCUT2D eigenvalue weighted by atomic mass is 10.1. The third-order valence-electron chi connectivity index (χ3n) is 2.54. The van der Waals surface area contributed by atoms with Crippen molar-refractivity contribution in [3.8, 4) is 0 Å². The lowest BCUT2D eigenvalue weighted by molar-refractivity contribution is -0.103. The monoisotopic (exact) mass is 266 g/mol. The van der Waals surface area contributed by atoms with Crippen LogP contribution >= 0.6 is 0 Å². The number of rotatable bonds is 5. The van der Waals surface area contributed by atoms with Crippen LogP contribution in [0.15, 0.2) is 70.9 Å². The molecular formula is C16H12N2O2. The van der Waals surface area contributed by atoms with Gasteiger partial charge in [0.15, 0.2) is 12.5 Å². The number of aldehydes is 2. The zero-order valence-electron chi connectivity index (χ0n) is 12.5. The molecule has 0 aliphatic carbocycles. The summed E-state index contributed by atoms with van der Waals surface area (Å²) < 4.78 is 14.5. The normalized spacial score (nSPS) is 13.4. The molecule has 2 aromatic carbocycles. The summed E-state index contributed by atoms with van der Waals surface area (Å²) in [7, 11) is 0. The van der Waals surface area contributed by atoms with Gasteiger partial charge in [0.05, 0.1) is 0 Å². The van der Waals surface area contributed by atoms with E-state index < -0.39 is 12.5 Å². The topological polar surface area (TPSA) is 58.9 Å². The molecule has 0 amide bonds. The minimum Gasteiger partial charge on any atom is -0.296 e. The quantitative estimate of drug-likeness (QED) is 0.473. The van der Waals surface area contributed by atoms with Gasteiger partial charge in [0, 0.05) is 11.1 Å². The third-order valence-corrected chi connectivity index (χ3v) is 2.54. The number of carbonyl (C=O) groups is 2. The first-order chi connectivity index (χ1) is 10.6. The van der Waals surface area contributed by atoms with E-state index in [1.165, 1.54) is 0 Å². The van der Waals surface area contributed by atoms with Gasteiger partial charge in [-0.05, 0) is 0 Å². The fraction of sp³-hybridized carbons (Fsp3) is 0. The van der Waals surface area contributed by atoms with Crippen LogP contribution < -0.4 is 0 Å². The van der Waals surface area contributed by atoms with E-state index in [-0.39, 0.29) is 11.4 Å². The molecule has 4 heteroatoms. The van der Waals surface area contributed by atoms with Gasteiger partial charge in [-0.1, -0.05) is 60.7 Å². The number of benzene rings is 2. The molecule has 0 aliphatic heterocycles. The third kappa shape index (κ3) is 3.32. The maximum Gasteiger partial charge on any atom is 0.170 e. The van der Waals surface area contributed by atoms with Gasteiger partial charge in [-0.2, -0.15) is 0 Å². The van der Waals surface area contributed by atoms with Crippen LogP contribution in [0.4, 0.5) is 0 Å². The van der Waals surface area contributed by atoms with Crippen molar-refractivity contribution in [1.29, 1.82) is 0 Å². The predicted molar refractivity (Wildman–Crippen MR) is 78.1 cm³/mol. The van der Waals surface area contributed by atoms with Crippen LogP contribution in [0.25, 0.3) is 0 Å². The van der Waals surface area contributed by atoms with Crippen LogP contribution in [-0.4, -0.2) is 23.9 Å². The summed E-state index contributed by atoms with van der Waals surface area (Å²) in [5.41, 5.74) is 0.484. The van der Waals surface area contributed by atoms with Crippen molar-refractivity contribution >= 4 is 23.9 Å². The standard InChI is InChI=1S/C16H12N2O2/c19-11-15(13-7-3-1-4-8-13)17-18-16(12-20)14-9-5-2-6-10-14/h1-12H/b17-15-,18-16-/i11D,12D. The Labute approximate surface area is 119 Å². The molecule has 0 radical (unpaired) electrons. The molecule has 0 aromatic heterocycles. The van der Waals surface area contributed by atoms with E-state index in [2.05, 4.69) is 10.2 Å². The molecule has 20 heavy (non-hydrogen) atoms. The SMILES string of the molecule is [2H]C(=O)/C(=N/N=C(/C([2H])=O)c1ccccc1)c1ccccc1. The summed E-state index contributed by atoms with van der Waals surface area (Å²) >= 11 is 0. The fourth-order valence-corrected chi connectivity index (χ4v) is 1.57. The minimum absolute atomic E-state index is 0.185. The smallest absolute Gasteiger partial charge is 0.170 e. The molecule has 0 heterocycles. The van der Waals surface area contributed by atoms with Crippen LogP contribution in [-0.2, 0) is 9.59 Å². The summed E-state index contributed by atoms with van der Waals surface area (Å²) in [6.07, 6.45) is -2.03. The summed E-state index contributed by atoms with van der Waals surface area (Å²) in [4.78, 5) is 22.8. The molecule has 0 atom stereocenters. The van der Waals surface area contributed by atoms with E-state index in [0.717, 1.165) is 0 Å².